The molecule has 0 bridgehead atoms. The molecule has 0 spiro atoms. The second kappa shape index (κ2) is 6.53. The second-order valence-electron chi connectivity index (χ2n) is 6.09. The first-order chi connectivity index (χ1) is 8.15. The largest absolute Gasteiger partial charge is 0.411 e. The Morgan fingerprint density at radius 2 is 1.72 bits per heavy atom. The highest BCUT2D eigenvalue weighted by Gasteiger charge is 2.24. The maximum atomic E-state index is 11.8. The number of carbonyl (C=O) groups is 1. The molecule has 0 aliphatic heterocycles. The number of hydrogen-bond acceptors (Lipinski definition) is 3. The monoisotopic (exact) mass is 251 g/mol. The van der Waals surface area contributed by atoms with Gasteiger partial charge in [-0.1, -0.05) is 51.9 Å². The van der Waals surface area contributed by atoms with Gasteiger partial charge in [-0.2, -0.15) is 0 Å². The minimum Gasteiger partial charge on any atom is -0.411 e. The van der Waals surface area contributed by atoms with Gasteiger partial charge in [-0.3, -0.25) is 4.79 Å². The van der Waals surface area contributed by atoms with Crippen LogP contribution in [0.25, 0.3) is 0 Å². The van der Waals surface area contributed by atoms with Crippen LogP contribution in [-0.2, 0) is 4.79 Å². The summed E-state index contributed by atoms with van der Waals surface area (Å²) in [5, 5.41) is 12.2. The van der Waals surface area contributed by atoms with E-state index >= 15 is 0 Å². The van der Waals surface area contributed by atoms with Crippen molar-refractivity contribution in [1.82, 2.24) is 0 Å². The third-order valence-corrected chi connectivity index (χ3v) is 2.77. The van der Waals surface area contributed by atoms with Crippen LogP contribution in [0.3, 0.4) is 0 Å². The molecule has 0 fully saturated rings. The van der Waals surface area contributed by atoms with Crippen molar-refractivity contribution >= 4 is 11.5 Å². The highest BCUT2D eigenvalue weighted by atomic mass is 16.4. The predicted molar refractivity (Wildman–Crippen MR) is 76.0 cm³/mol. The number of hydrogen-bond donors (Lipinski definition) is 1. The van der Waals surface area contributed by atoms with E-state index in [1.165, 1.54) is 0 Å². The summed E-state index contributed by atoms with van der Waals surface area (Å²) >= 11 is 0. The van der Waals surface area contributed by atoms with Crippen LogP contribution in [0.2, 0.25) is 0 Å². The van der Waals surface area contributed by atoms with Gasteiger partial charge in [0, 0.05) is 10.8 Å². The molecule has 0 saturated carbocycles. The molecule has 0 unspecified atom stereocenters. The lowest BCUT2D eigenvalue weighted by molar-refractivity contribution is -0.122. The van der Waals surface area contributed by atoms with E-state index in [4.69, 9.17) is 5.21 Å². The third kappa shape index (κ3) is 5.30. The van der Waals surface area contributed by atoms with E-state index in [1.807, 2.05) is 47.6 Å². The van der Waals surface area contributed by atoms with E-state index in [2.05, 4.69) is 5.16 Å². The predicted octanol–water partition coefficient (Wildman–Crippen LogP) is 3.98. The molecule has 0 heterocycles. The minimum absolute atomic E-state index is 0.105. The summed E-state index contributed by atoms with van der Waals surface area (Å²) in [7, 11) is 0. The molecular formula is C15H25NO2. The fourth-order valence-corrected chi connectivity index (χ4v) is 1.38. The molecule has 3 heteroatoms. The molecule has 102 valence electrons. The van der Waals surface area contributed by atoms with E-state index in [1.54, 1.807) is 18.2 Å². The van der Waals surface area contributed by atoms with Crippen LogP contribution in [0.5, 0.6) is 0 Å². The van der Waals surface area contributed by atoms with Crippen molar-refractivity contribution in [3.05, 3.63) is 24.3 Å². The summed E-state index contributed by atoms with van der Waals surface area (Å²) in [5.74, 6) is 0.105. The minimum atomic E-state index is -0.429. The molecule has 0 atom stereocenters. The molecule has 3 nitrogen and oxygen atoms in total. The van der Waals surface area contributed by atoms with E-state index < -0.39 is 5.41 Å². The van der Waals surface area contributed by atoms with Gasteiger partial charge in [0.15, 0.2) is 5.78 Å². The lowest BCUT2D eigenvalue weighted by atomic mass is 9.83. The van der Waals surface area contributed by atoms with E-state index in [0.29, 0.717) is 12.1 Å². The summed E-state index contributed by atoms with van der Waals surface area (Å²) < 4.78 is 0. The second-order valence-corrected chi connectivity index (χ2v) is 6.09. The van der Waals surface area contributed by atoms with Crippen molar-refractivity contribution in [1.29, 1.82) is 0 Å². The maximum absolute atomic E-state index is 11.8. The summed E-state index contributed by atoms with van der Waals surface area (Å²) in [6.07, 6.45) is 7.64. The van der Waals surface area contributed by atoms with Gasteiger partial charge in [0.1, 0.15) is 0 Å². The molecule has 1 N–H and O–H groups in total. The molecule has 18 heavy (non-hydrogen) atoms. The fourth-order valence-electron chi connectivity index (χ4n) is 1.38. The molecule has 0 radical (unpaired) electrons. The van der Waals surface area contributed by atoms with Gasteiger partial charge in [0.25, 0.3) is 0 Å². The Morgan fingerprint density at radius 1 is 1.17 bits per heavy atom. The molecule has 0 aliphatic rings. The zero-order valence-electron chi connectivity index (χ0n) is 12.3. The van der Waals surface area contributed by atoms with Crippen LogP contribution >= 0.6 is 0 Å². The van der Waals surface area contributed by atoms with Gasteiger partial charge in [0.05, 0.1) is 5.71 Å². The first kappa shape index (κ1) is 16.6. The lowest BCUT2D eigenvalue weighted by Gasteiger charge is -2.20. The van der Waals surface area contributed by atoms with Gasteiger partial charge in [-0.05, 0) is 25.5 Å². The van der Waals surface area contributed by atoms with Crippen LogP contribution in [0, 0.1) is 10.8 Å². The Hall–Kier alpha value is -1.38. The summed E-state index contributed by atoms with van der Waals surface area (Å²) in [5.41, 5.74) is -0.0266. The van der Waals surface area contributed by atoms with Crippen LogP contribution in [0.4, 0.5) is 0 Å². The van der Waals surface area contributed by atoms with Crippen molar-refractivity contribution < 1.29 is 10.0 Å². The molecule has 0 aromatic heterocycles. The first-order valence-electron chi connectivity index (χ1n) is 6.21. The van der Waals surface area contributed by atoms with Gasteiger partial charge in [-0.25, -0.2) is 0 Å². The fraction of sp³-hybridized carbons (Fsp3) is 0.600. The van der Waals surface area contributed by atoms with Crippen molar-refractivity contribution in [2.24, 2.45) is 16.0 Å². The number of allylic oxidation sites excluding steroid dienone is 4. The topological polar surface area (TPSA) is 49.7 Å². The quantitative estimate of drug-likeness (QED) is 0.348. The Morgan fingerprint density at radius 3 is 2.11 bits per heavy atom. The lowest BCUT2D eigenvalue weighted by Crippen LogP contribution is -2.22. The standard InChI is InChI=1S/C15H25NO2/c1-7-9-13(17)15(5,6)11-8-10-12(16-18)14(2,3)4/h7-10,18H,11H2,1-6H3/b9-7+,10-8+,16-12+. The molecule has 0 rings (SSSR count). The molecule has 0 aromatic carbocycles. The van der Waals surface area contributed by atoms with Gasteiger partial charge in [-0.15, -0.1) is 0 Å². The number of oxime groups is 1. The van der Waals surface area contributed by atoms with Crippen LogP contribution in [0.1, 0.15) is 48.0 Å². The normalized spacial score (nSPS) is 14.7. The van der Waals surface area contributed by atoms with Crippen molar-refractivity contribution in [3.63, 3.8) is 0 Å². The Labute approximate surface area is 110 Å². The summed E-state index contributed by atoms with van der Waals surface area (Å²) in [6, 6.07) is 0. The zero-order chi connectivity index (χ0) is 14.4. The average molecular weight is 251 g/mol. The Bertz CT molecular complexity index is 368. The Kier molecular flexibility index (Phi) is 6.02. The van der Waals surface area contributed by atoms with E-state index in [9.17, 15) is 4.79 Å². The highest BCUT2D eigenvalue weighted by Crippen LogP contribution is 2.24. The molecule has 0 aliphatic carbocycles. The molecule has 0 aromatic rings. The van der Waals surface area contributed by atoms with Crippen molar-refractivity contribution in [2.45, 2.75) is 48.0 Å². The maximum Gasteiger partial charge on any atom is 0.161 e. The molecule has 0 saturated heterocycles. The zero-order valence-corrected chi connectivity index (χ0v) is 12.3. The molecular weight excluding hydrogens is 226 g/mol. The Balaban J connectivity index is 4.72. The summed E-state index contributed by atoms with van der Waals surface area (Å²) in [4.78, 5) is 11.8. The van der Waals surface area contributed by atoms with Crippen molar-refractivity contribution in [3.8, 4) is 0 Å². The molecule has 0 amide bonds. The van der Waals surface area contributed by atoms with Crippen molar-refractivity contribution in [2.75, 3.05) is 0 Å². The number of ketones is 1. The van der Waals surface area contributed by atoms with Gasteiger partial charge < -0.3 is 5.21 Å². The number of nitrogens with zero attached hydrogens (tertiary/aromatic N) is 1. The smallest absolute Gasteiger partial charge is 0.161 e. The van der Waals surface area contributed by atoms with E-state index in [-0.39, 0.29) is 11.2 Å². The number of rotatable bonds is 5. The van der Waals surface area contributed by atoms with E-state index in [0.717, 1.165) is 0 Å². The average Bonchev–Trinajstić information content (AvgIpc) is 2.22. The first-order valence-corrected chi connectivity index (χ1v) is 6.21. The van der Waals surface area contributed by atoms with Gasteiger partial charge >= 0.3 is 0 Å². The number of carbonyl (C=O) groups excluding carboxylic acids is 1. The van der Waals surface area contributed by atoms with Crippen LogP contribution in [0.15, 0.2) is 29.5 Å². The van der Waals surface area contributed by atoms with Gasteiger partial charge in [0.2, 0.25) is 0 Å². The SMILES string of the molecule is C/C=C/C(=O)C(C)(C)C/C=C/C(=N\O)C(C)(C)C. The van der Waals surface area contributed by atoms with Crippen LogP contribution in [-0.4, -0.2) is 16.7 Å². The third-order valence-electron chi connectivity index (χ3n) is 2.77. The van der Waals surface area contributed by atoms with Crippen LogP contribution < -0.4 is 0 Å². The highest BCUT2D eigenvalue weighted by molar-refractivity contribution is 5.98. The summed E-state index contributed by atoms with van der Waals surface area (Å²) in [6.45, 7) is 11.6.